The quantitative estimate of drug-likeness (QED) is 0.890. The fourth-order valence-electron chi connectivity index (χ4n) is 3.04. The lowest BCUT2D eigenvalue weighted by Crippen LogP contribution is -2.63. The molecule has 1 atom stereocenters. The maximum absolute atomic E-state index is 5.94. The molecule has 1 unspecified atom stereocenters. The van der Waals surface area contributed by atoms with Crippen molar-refractivity contribution in [1.82, 2.24) is 10.2 Å². The average Bonchev–Trinajstić information content (AvgIpc) is 2.48. The van der Waals surface area contributed by atoms with Gasteiger partial charge < -0.3 is 5.32 Å². The summed E-state index contributed by atoms with van der Waals surface area (Å²) in [7, 11) is 0. The minimum Gasteiger partial charge on any atom is -0.308 e. The zero-order valence-corrected chi connectivity index (χ0v) is 13.7. The first-order valence-electron chi connectivity index (χ1n) is 7.82. The number of hydrogen-bond acceptors (Lipinski definition) is 2. The van der Waals surface area contributed by atoms with E-state index in [1.54, 1.807) is 0 Å². The van der Waals surface area contributed by atoms with Crippen LogP contribution in [0.25, 0.3) is 0 Å². The molecule has 20 heavy (non-hydrogen) atoms. The summed E-state index contributed by atoms with van der Waals surface area (Å²) < 4.78 is 0. The Hall–Kier alpha value is -0.570. The van der Waals surface area contributed by atoms with Crippen molar-refractivity contribution in [2.75, 3.05) is 19.6 Å². The van der Waals surface area contributed by atoms with Crippen molar-refractivity contribution >= 4 is 11.6 Å². The first-order chi connectivity index (χ1) is 9.58. The molecule has 1 heterocycles. The van der Waals surface area contributed by atoms with E-state index in [-0.39, 0.29) is 0 Å². The molecule has 0 aliphatic carbocycles. The number of halogens is 1. The van der Waals surface area contributed by atoms with Gasteiger partial charge in [0, 0.05) is 36.2 Å². The summed E-state index contributed by atoms with van der Waals surface area (Å²) in [6, 6.07) is 8.87. The largest absolute Gasteiger partial charge is 0.308 e. The van der Waals surface area contributed by atoms with E-state index in [2.05, 4.69) is 43.1 Å². The summed E-state index contributed by atoms with van der Waals surface area (Å²) in [6.45, 7) is 10.3. The molecule has 1 aliphatic heterocycles. The molecule has 2 rings (SSSR count). The number of rotatable bonds is 5. The van der Waals surface area contributed by atoms with E-state index in [0.29, 0.717) is 11.6 Å². The Morgan fingerprint density at radius 3 is 2.50 bits per heavy atom. The van der Waals surface area contributed by atoms with E-state index in [4.69, 9.17) is 11.6 Å². The van der Waals surface area contributed by atoms with E-state index < -0.39 is 0 Å². The third-order valence-electron chi connectivity index (χ3n) is 4.86. The molecular formula is C17H27ClN2. The molecule has 1 N–H and O–H groups in total. The molecule has 0 radical (unpaired) electrons. The van der Waals surface area contributed by atoms with Gasteiger partial charge in [-0.25, -0.2) is 0 Å². The van der Waals surface area contributed by atoms with Crippen molar-refractivity contribution < 1.29 is 0 Å². The SMILES string of the molecule is CCC1(CC)CN(CCc2ccc(Cl)cc2)C(C)CN1. The first-order valence-corrected chi connectivity index (χ1v) is 8.20. The molecule has 2 nitrogen and oxygen atoms in total. The van der Waals surface area contributed by atoms with Gasteiger partial charge in [0.25, 0.3) is 0 Å². The third-order valence-corrected chi connectivity index (χ3v) is 5.11. The van der Waals surface area contributed by atoms with Crippen molar-refractivity contribution in [2.45, 2.75) is 51.6 Å². The highest BCUT2D eigenvalue weighted by molar-refractivity contribution is 6.30. The first kappa shape index (κ1) is 15.8. The highest BCUT2D eigenvalue weighted by Gasteiger charge is 2.34. The standard InChI is InChI=1S/C17H27ClN2/c1-4-17(5-2)13-20(14(3)12-19-17)11-10-15-6-8-16(18)9-7-15/h6-9,14,19H,4-5,10-13H2,1-3H3. The van der Waals surface area contributed by atoms with Crippen LogP contribution >= 0.6 is 11.6 Å². The molecule has 1 aliphatic rings. The summed E-state index contributed by atoms with van der Waals surface area (Å²) >= 11 is 5.94. The average molecular weight is 295 g/mol. The van der Waals surface area contributed by atoms with Gasteiger partial charge >= 0.3 is 0 Å². The second kappa shape index (κ2) is 6.93. The molecule has 0 saturated carbocycles. The van der Waals surface area contributed by atoms with Gasteiger partial charge in [0.1, 0.15) is 0 Å². The topological polar surface area (TPSA) is 15.3 Å². The Bertz CT molecular complexity index is 412. The minimum atomic E-state index is 0.312. The summed E-state index contributed by atoms with van der Waals surface area (Å²) in [5, 5.41) is 4.58. The molecule has 0 bridgehead atoms. The summed E-state index contributed by atoms with van der Waals surface area (Å²) in [5.74, 6) is 0. The van der Waals surface area contributed by atoms with Gasteiger partial charge in [-0.2, -0.15) is 0 Å². The van der Waals surface area contributed by atoms with Crippen LogP contribution in [0.5, 0.6) is 0 Å². The Labute approximate surface area is 128 Å². The maximum Gasteiger partial charge on any atom is 0.0406 e. The number of nitrogens with one attached hydrogen (secondary N) is 1. The minimum absolute atomic E-state index is 0.312. The summed E-state index contributed by atoms with van der Waals surface area (Å²) in [4.78, 5) is 2.64. The Kier molecular flexibility index (Phi) is 5.48. The van der Waals surface area contributed by atoms with Crippen LogP contribution in [0.4, 0.5) is 0 Å². The van der Waals surface area contributed by atoms with Crippen LogP contribution in [0.3, 0.4) is 0 Å². The van der Waals surface area contributed by atoms with Gasteiger partial charge in [-0.1, -0.05) is 37.6 Å². The van der Waals surface area contributed by atoms with E-state index in [1.807, 2.05) is 12.1 Å². The molecule has 0 spiro atoms. The zero-order valence-electron chi connectivity index (χ0n) is 13.0. The lowest BCUT2D eigenvalue weighted by Gasteiger charge is -2.46. The fourth-order valence-corrected chi connectivity index (χ4v) is 3.17. The molecular weight excluding hydrogens is 268 g/mol. The molecule has 0 aromatic heterocycles. The second-order valence-corrected chi connectivity index (χ2v) is 6.50. The van der Waals surface area contributed by atoms with Crippen LogP contribution in [0.2, 0.25) is 5.02 Å². The van der Waals surface area contributed by atoms with Crippen molar-refractivity contribution in [3.05, 3.63) is 34.9 Å². The highest BCUT2D eigenvalue weighted by Crippen LogP contribution is 2.23. The molecule has 1 fully saturated rings. The van der Waals surface area contributed by atoms with E-state index in [0.717, 1.165) is 31.1 Å². The lowest BCUT2D eigenvalue weighted by molar-refractivity contribution is 0.0819. The van der Waals surface area contributed by atoms with Crippen molar-refractivity contribution in [3.63, 3.8) is 0 Å². The third kappa shape index (κ3) is 3.75. The van der Waals surface area contributed by atoms with Crippen LogP contribution in [0, 0.1) is 0 Å². The fraction of sp³-hybridized carbons (Fsp3) is 0.647. The molecule has 1 saturated heterocycles. The zero-order chi connectivity index (χ0) is 14.6. The van der Waals surface area contributed by atoms with E-state index in [9.17, 15) is 0 Å². The second-order valence-electron chi connectivity index (χ2n) is 6.06. The predicted octanol–water partition coefficient (Wildman–Crippen LogP) is 3.74. The van der Waals surface area contributed by atoms with Crippen LogP contribution in [0.1, 0.15) is 39.2 Å². The van der Waals surface area contributed by atoms with Crippen molar-refractivity contribution in [1.29, 1.82) is 0 Å². The van der Waals surface area contributed by atoms with Crippen molar-refractivity contribution in [2.24, 2.45) is 0 Å². The molecule has 3 heteroatoms. The molecule has 1 aromatic carbocycles. The van der Waals surface area contributed by atoms with Crippen molar-refractivity contribution in [3.8, 4) is 0 Å². The van der Waals surface area contributed by atoms with Crippen LogP contribution in [-0.2, 0) is 6.42 Å². The van der Waals surface area contributed by atoms with Crippen LogP contribution < -0.4 is 5.32 Å². The maximum atomic E-state index is 5.94. The number of nitrogens with zero attached hydrogens (tertiary/aromatic N) is 1. The molecule has 1 aromatic rings. The van der Waals surface area contributed by atoms with E-state index >= 15 is 0 Å². The Morgan fingerprint density at radius 2 is 1.90 bits per heavy atom. The van der Waals surface area contributed by atoms with Gasteiger partial charge in [0.05, 0.1) is 0 Å². The van der Waals surface area contributed by atoms with Gasteiger partial charge in [0.2, 0.25) is 0 Å². The van der Waals surface area contributed by atoms with Gasteiger partial charge in [-0.3, -0.25) is 4.90 Å². The van der Waals surface area contributed by atoms with Gasteiger partial charge in [-0.15, -0.1) is 0 Å². The van der Waals surface area contributed by atoms with Crippen LogP contribution in [-0.4, -0.2) is 36.1 Å². The number of hydrogen-bond donors (Lipinski definition) is 1. The predicted molar refractivity (Wildman–Crippen MR) is 87.5 cm³/mol. The molecule has 112 valence electrons. The smallest absolute Gasteiger partial charge is 0.0406 e. The van der Waals surface area contributed by atoms with E-state index in [1.165, 1.54) is 18.4 Å². The van der Waals surface area contributed by atoms with Crippen LogP contribution in [0.15, 0.2) is 24.3 Å². The lowest BCUT2D eigenvalue weighted by atomic mass is 9.88. The number of benzene rings is 1. The number of piperazine rings is 1. The van der Waals surface area contributed by atoms with Gasteiger partial charge in [0.15, 0.2) is 0 Å². The Morgan fingerprint density at radius 1 is 1.25 bits per heavy atom. The normalized spacial score (nSPS) is 22.9. The monoisotopic (exact) mass is 294 g/mol. The van der Waals surface area contributed by atoms with Gasteiger partial charge in [-0.05, 0) is 43.9 Å². The summed E-state index contributed by atoms with van der Waals surface area (Å²) in [5.41, 5.74) is 1.69. The molecule has 0 amide bonds. The highest BCUT2D eigenvalue weighted by atomic mass is 35.5. The summed E-state index contributed by atoms with van der Waals surface area (Å²) in [6.07, 6.45) is 3.51. The Balaban J connectivity index is 1.94.